The van der Waals surface area contributed by atoms with Gasteiger partial charge in [-0.2, -0.15) is 0 Å². The van der Waals surface area contributed by atoms with Gasteiger partial charge in [-0.3, -0.25) is 9.59 Å². The number of anilines is 1. The first-order chi connectivity index (χ1) is 15.3. The zero-order valence-electron chi connectivity index (χ0n) is 19.2. The first-order valence-electron chi connectivity index (χ1n) is 11.5. The van der Waals surface area contributed by atoms with Crippen LogP contribution in [0.1, 0.15) is 58.4 Å². The lowest BCUT2D eigenvalue weighted by Crippen LogP contribution is -2.32. The zero-order chi connectivity index (χ0) is 23.0. The van der Waals surface area contributed by atoms with Crippen molar-refractivity contribution in [3.63, 3.8) is 0 Å². The van der Waals surface area contributed by atoms with Crippen LogP contribution in [0.3, 0.4) is 0 Å². The summed E-state index contributed by atoms with van der Waals surface area (Å²) in [6, 6.07) is 9.42. The topological polar surface area (TPSA) is 79.3 Å². The van der Waals surface area contributed by atoms with Crippen molar-refractivity contribution in [3.05, 3.63) is 72.1 Å². The SMILES string of the molecule is CCCCCCC(C)Nc1cc(C)c2nc(=O)/c(=C(/C)O)c3c4ccccc4c(=O)c1c2=3. The van der Waals surface area contributed by atoms with Gasteiger partial charge in [0.15, 0.2) is 5.43 Å². The van der Waals surface area contributed by atoms with Crippen LogP contribution in [-0.2, 0) is 0 Å². The quantitative estimate of drug-likeness (QED) is 0.414. The second-order valence-electron chi connectivity index (χ2n) is 8.86. The summed E-state index contributed by atoms with van der Waals surface area (Å²) in [6.07, 6.45) is 5.78. The summed E-state index contributed by atoms with van der Waals surface area (Å²) in [5, 5.41) is 17.1. The molecule has 2 aliphatic rings. The third kappa shape index (κ3) is 3.66. The monoisotopic (exact) mass is 430 g/mol. The Kier molecular flexibility index (Phi) is 6.00. The number of nitrogens with zero attached hydrogens (tertiary/aromatic N) is 1. The molecule has 0 amide bonds. The van der Waals surface area contributed by atoms with Crippen molar-refractivity contribution in [3.8, 4) is 0 Å². The van der Waals surface area contributed by atoms with Gasteiger partial charge in [-0.15, -0.1) is 0 Å². The van der Waals surface area contributed by atoms with E-state index in [4.69, 9.17) is 0 Å². The van der Waals surface area contributed by atoms with E-state index in [0.717, 1.165) is 24.1 Å². The molecular weight excluding hydrogens is 400 g/mol. The number of nitrogens with one attached hydrogen (secondary N) is 1. The third-order valence-electron chi connectivity index (χ3n) is 6.34. The number of hydrogen-bond donors (Lipinski definition) is 2. The van der Waals surface area contributed by atoms with Crippen molar-refractivity contribution in [2.75, 3.05) is 5.32 Å². The summed E-state index contributed by atoms with van der Waals surface area (Å²) >= 11 is 0. The number of benzene rings is 2. The largest absolute Gasteiger partial charge is 0.512 e. The van der Waals surface area contributed by atoms with Crippen LogP contribution in [-0.4, -0.2) is 16.1 Å². The van der Waals surface area contributed by atoms with E-state index in [1.165, 1.54) is 26.2 Å². The molecule has 0 aromatic heterocycles. The lowest BCUT2D eigenvalue weighted by atomic mass is 9.95. The first kappa shape index (κ1) is 22.0. The lowest BCUT2D eigenvalue weighted by Gasteiger charge is -2.19. The van der Waals surface area contributed by atoms with Crippen LogP contribution in [0, 0.1) is 17.4 Å². The van der Waals surface area contributed by atoms with Crippen LogP contribution in [0.5, 0.6) is 0 Å². The maximum absolute atomic E-state index is 13.7. The van der Waals surface area contributed by atoms with Gasteiger partial charge in [0.1, 0.15) is 5.76 Å². The highest BCUT2D eigenvalue weighted by Gasteiger charge is 2.19. The Balaban J connectivity index is 2.10. The van der Waals surface area contributed by atoms with Gasteiger partial charge in [0, 0.05) is 27.6 Å². The number of unbranched alkanes of at least 4 members (excludes halogenated alkanes) is 3. The van der Waals surface area contributed by atoms with Crippen LogP contribution in [0.15, 0.2) is 39.9 Å². The second kappa shape index (κ2) is 8.73. The minimum atomic E-state index is -0.476. The summed E-state index contributed by atoms with van der Waals surface area (Å²) < 4.78 is 0. The van der Waals surface area contributed by atoms with Gasteiger partial charge in [-0.1, -0.05) is 56.9 Å². The van der Waals surface area contributed by atoms with Gasteiger partial charge >= 0.3 is 0 Å². The fraction of sp³-hybridized carbons (Fsp3) is 0.370. The van der Waals surface area contributed by atoms with Gasteiger partial charge in [-0.25, -0.2) is 4.98 Å². The van der Waals surface area contributed by atoms with Crippen molar-refractivity contribution in [2.45, 2.75) is 65.8 Å². The molecule has 166 valence electrons. The van der Waals surface area contributed by atoms with Gasteiger partial charge in [-0.05, 0) is 44.2 Å². The predicted molar refractivity (Wildman–Crippen MR) is 132 cm³/mol. The Labute approximate surface area is 186 Å². The highest BCUT2D eigenvalue weighted by atomic mass is 16.3. The predicted octanol–water partition coefficient (Wildman–Crippen LogP) is 4.76. The summed E-state index contributed by atoms with van der Waals surface area (Å²) in [5.74, 6) is -0.0881. The molecule has 0 spiro atoms. The molecule has 0 saturated heterocycles. The molecular formula is C27H30N2O3. The number of fused-ring (bicyclic) bond motifs is 2. The van der Waals surface area contributed by atoms with Gasteiger partial charge in [0.2, 0.25) is 0 Å². The Morgan fingerprint density at radius 3 is 2.50 bits per heavy atom. The Morgan fingerprint density at radius 1 is 1.09 bits per heavy atom. The summed E-state index contributed by atoms with van der Waals surface area (Å²) in [7, 11) is 0. The maximum atomic E-state index is 13.7. The second-order valence-corrected chi connectivity index (χ2v) is 8.86. The normalized spacial score (nSPS) is 13.8. The number of aliphatic hydroxyl groups excluding tert-OH is 1. The molecule has 32 heavy (non-hydrogen) atoms. The van der Waals surface area contributed by atoms with Gasteiger partial charge in [0.25, 0.3) is 5.56 Å². The Morgan fingerprint density at radius 2 is 1.81 bits per heavy atom. The van der Waals surface area contributed by atoms with Crippen molar-refractivity contribution in [1.29, 1.82) is 0 Å². The molecule has 2 aromatic rings. The minimum absolute atomic E-state index is 0.0826. The fourth-order valence-electron chi connectivity index (χ4n) is 4.79. The summed E-state index contributed by atoms with van der Waals surface area (Å²) in [6.45, 7) is 7.74. The molecule has 1 unspecified atom stereocenters. The molecule has 1 heterocycles. The zero-order valence-corrected chi connectivity index (χ0v) is 19.2. The molecule has 5 heteroatoms. The van der Waals surface area contributed by atoms with Crippen LogP contribution < -0.4 is 21.5 Å². The van der Waals surface area contributed by atoms with Crippen LogP contribution in [0.25, 0.3) is 27.4 Å². The standard InChI is InChI=1S/C27H30N2O3/c1-5-6-7-8-11-16(3)28-20-14-15(2)25-24-22(21(17(4)30)27(32)29-25)18-12-9-10-13-19(18)26(31)23(20)24/h9-10,12-14,16,28,30H,5-8,11H2,1-4H3/b21-17-. The molecule has 0 radical (unpaired) electrons. The molecule has 1 atom stereocenters. The molecule has 0 bridgehead atoms. The number of rotatable bonds is 7. The van der Waals surface area contributed by atoms with Crippen LogP contribution >= 0.6 is 0 Å². The molecule has 4 rings (SSSR count). The van der Waals surface area contributed by atoms with Crippen LogP contribution in [0.4, 0.5) is 5.69 Å². The third-order valence-corrected chi connectivity index (χ3v) is 6.34. The average molecular weight is 431 g/mol. The van der Waals surface area contributed by atoms with E-state index in [1.54, 1.807) is 6.07 Å². The van der Waals surface area contributed by atoms with E-state index in [1.807, 2.05) is 31.2 Å². The van der Waals surface area contributed by atoms with E-state index in [-0.39, 0.29) is 22.4 Å². The van der Waals surface area contributed by atoms with E-state index in [0.29, 0.717) is 32.1 Å². The molecule has 1 aliphatic heterocycles. The smallest absolute Gasteiger partial charge is 0.281 e. The van der Waals surface area contributed by atoms with Crippen LogP contribution in [0.2, 0.25) is 0 Å². The van der Waals surface area contributed by atoms with Gasteiger partial charge in [0.05, 0.1) is 16.1 Å². The lowest BCUT2D eigenvalue weighted by molar-refractivity contribution is 0.498. The van der Waals surface area contributed by atoms with Gasteiger partial charge < -0.3 is 10.4 Å². The number of aliphatic hydroxyl groups is 1. The average Bonchev–Trinajstić information content (AvgIpc) is 2.75. The van der Waals surface area contributed by atoms with E-state index >= 15 is 0 Å². The molecule has 5 nitrogen and oxygen atoms in total. The molecule has 2 aromatic carbocycles. The Bertz CT molecular complexity index is 1520. The highest BCUT2D eigenvalue weighted by Crippen LogP contribution is 2.27. The van der Waals surface area contributed by atoms with Crippen molar-refractivity contribution in [2.24, 2.45) is 0 Å². The fourth-order valence-corrected chi connectivity index (χ4v) is 4.79. The number of aromatic nitrogens is 1. The van der Waals surface area contributed by atoms with Crippen molar-refractivity contribution in [1.82, 2.24) is 4.98 Å². The molecule has 0 fully saturated rings. The number of hydrogen-bond acceptors (Lipinski definition) is 5. The maximum Gasteiger partial charge on any atom is 0.281 e. The van der Waals surface area contributed by atoms with E-state index < -0.39 is 5.56 Å². The Hall–Kier alpha value is -3.21. The minimum Gasteiger partial charge on any atom is -0.512 e. The number of aryl methyl sites for hydroxylation is 1. The van der Waals surface area contributed by atoms with Crippen molar-refractivity contribution < 1.29 is 5.11 Å². The molecule has 1 aliphatic carbocycles. The molecule has 0 saturated carbocycles. The van der Waals surface area contributed by atoms with Crippen molar-refractivity contribution >= 4 is 33.1 Å². The summed E-state index contributed by atoms with van der Waals surface area (Å²) in [5.41, 5.74) is 1.56. The first-order valence-corrected chi connectivity index (χ1v) is 11.5. The van der Waals surface area contributed by atoms with E-state index in [9.17, 15) is 14.7 Å². The highest BCUT2D eigenvalue weighted by molar-refractivity contribution is 5.95. The van der Waals surface area contributed by atoms with E-state index in [2.05, 4.69) is 24.1 Å². The summed E-state index contributed by atoms with van der Waals surface area (Å²) in [4.78, 5) is 30.8. The molecule has 2 N–H and O–H groups in total.